The molecule has 0 fully saturated rings. The van der Waals surface area contributed by atoms with Crippen LogP contribution < -0.4 is 0 Å². The van der Waals surface area contributed by atoms with Crippen molar-refractivity contribution >= 4 is 17.9 Å². The molecule has 1 unspecified atom stereocenters. The van der Waals surface area contributed by atoms with E-state index in [-0.39, 0.29) is 31.1 Å². The van der Waals surface area contributed by atoms with Crippen molar-refractivity contribution in [2.24, 2.45) is 0 Å². The Morgan fingerprint density at radius 3 is 1.03 bits per heavy atom. The molecule has 0 radical (unpaired) electrons. The summed E-state index contributed by atoms with van der Waals surface area (Å²) in [6, 6.07) is 0. The molecule has 0 rings (SSSR count). The Hall–Kier alpha value is -2.89. The van der Waals surface area contributed by atoms with Gasteiger partial charge in [-0.1, -0.05) is 178 Å². The summed E-state index contributed by atoms with van der Waals surface area (Å²) in [5.41, 5.74) is 0. The zero-order chi connectivity index (χ0) is 43.0. The van der Waals surface area contributed by atoms with Gasteiger partial charge in [0.1, 0.15) is 13.2 Å². The SMILES string of the molecule is CC/C=C\C/C=C\CCCCCCCC(=O)OC(COC(=O)CCCCCCC/C=C\CCCCC)COC(=O)CCCCCCCCC/C=C\C/C=C\CCCCC. The van der Waals surface area contributed by atoms with Crippen molar-refractivity contribution in [2.45, 2.75) is 245 Å². The number of esters is 3. The Kier molecular flexibility index (Phi) is 45.4. The third kappa shape index (κ3) is 46.0. The fraction of sp³-hybridized carbons (Fsp3) is 0.755. The number of unbranched alkanes of at least 4 members (excludes halogenated alkanes) is 23. The monoisotopic (exact) mass is 825 g/mol. The first kappa shape index (κ1) is 56.1. The van der Waals surface area contributed by atoms with Gasteiger partial charge in [0.15, 0.2) is 6.10 Å². The molecule has 0 N–H and O–H groups in total. The van der Waals surface area contributed by atoms with E-state index in [1.54, 1.807) is 0 Å². The van der Waals surface area contributed by atoms with E-state index in [1.165, 1.54) is 89.9 Å². The summed E-state index contributed by atoms with van der Waals surface area (Å²) in [6.45, 7) is 6.45. The van der Waals surface area contributed by atoms with E-state index in [1.807, 2.05) is 0 Å². The van der Waals surface area contributed by atoms with Gasteiger partial charge in [-0.15, -0.1) is 0 Å². The first-order valence-electron chi connectivity index (χ1n) is 24.8. The molecule has 0 saturated carbocycles. The lowest BCUT2D eigenvalue weighted by Gasteiger charge is -2.18. The molecule has 0 aliphatic heterocycles. The van der Waals surface area contributed by atoms with Gasteiger partial charge >= 0.3 is 17.9 Å². The number of ether oxygens (including phenoxy) is 3. The van der Waals surface area contributed by atoms with Gasteiger partial charge in [-0.2, -0.15) is 0 Å². The summed E-state index contributed by atoms with van der Waals surface area (Å²) in [6.07, 6.45) is 57.7. The summed E-state index contributed by atoms with van der Waals surface area (Å²) in [4.78, 5) is 37.9. The van der Waals surface area contributed by atoms with E-state index < -0.39 is 6.10 Å². The second-order valence-electron chi connectivity index (χ2n) is 16.3. The quantitative estimate of drug-likeness (QED) is 0.0263. The van der Waals surface area contributed by atoms with Crippen LogP contribution in [-0.2, 0) is 28.6 Å². The second kappa shape index (κ2) is 47.8. The minimum absolute atomic E-state index is 0.0870. The zero-order valence-electron chi connectivity index (χ0n) is 38.8. The second-order valence-corrected chi connectivity index (χ2v) is 16.3. The van der Waals surface area contributed by atoms with Crippen molar-refractivity contribution in [3.8, 4) is 0 Å². The average Bonchev–Trinajstić information content (AvgIpc) is 3.23. The maximum atomic E-state index is 12.7. The van der Waals surface area contributed by atoms with Gasteiger partial charge in [-0.05, 0) is 103 Å². The molecule has 1 atom stereocenters. The Morgan fingerprint density at radius 2 is 0.661 bits per heavy atom. The first-order valence-corrected chi connectivity index (χ1v) is 24.8. The molecule has 0 aliphatic carbocycles. The van der Waals surface area contributed by atoms with Crippen LogP contribution in [0, 0.1) is 0 Å². The maximum Gasteiger partial charge on any atom is 0.306 e. The van der Waals surface area contributed by atoms with Crippen LogP contribution in [0.1, 0.15) is 239 Å². The highest BCUT2D eigenvalue weighted by Crippen LogP contribution is 2.14. The molecular weight excluding hydrogens is 733 g/mol. The molecule has 0 spiro atoms. The summed E-state index contributed by atoms with van der Waals surface area (Å²) in [5, 5.41) is 0. The maximum absolute atomic E-state index is 12.7. The van der Waals surface area contributed by atoms with Crippen LogP contribution in [-0.4, -0.2) is 37.2 Å². The lowest BCUT2D eigenvalue weighted by molar-refractivity contribution is -0.167. The molecule has 0 amide bonds. The Morgan fingerprint density at radius 1 is 0.356 bits per heavy atom. The van der Waals surface area contributed by atoms with Gasteiger partial charge in [-0.25, -0.2) is 0 Å². The number of hydrogen-bond acceptors (Lipinski definition) is 6. The Bertz CT molecular complexity index is 1090. The number of hydrogen-bond donors (Lipinski definition) is 0. The average molecular weight is 825 g/mol. The topological polar surface area (TPSA) is 78.9 Å². The molecule has 0 aromatic rings. The van der Waals surface area contributed by atoms with Crippen molar-refractivity contribution in [1.82, 2.24) is 0 Å². The van der Waals surface area contributed by atoms with Crippen LogP contribution in [0.25, 0.3) is 0 Å². The molecule has 0 aromatic carbocycles. The van der Waals surface area contributed by atoms with Crippen LogP contribution in [0.3, 0.4) is 0 Å². The van der Waals surface area contributed by atoms with Crippen molar-refractivity contribution in [3.05, 3.63) is 60.8 Å². The van der Waals surface area contributed by atoms with Crippen LogP contribution in [0.15, 0.2) is 60.8 Å². The van der Waals surface area contributed by atoms with Crippen LogP contribution in [0.2, 0.25) is 0 Å². The Labute approximate surface area is 364 Å². The molecule has 0 heterocycles. The smallest absolute Gasteiger partial charge is 0.306 e. The lowest BCUT2D eigenvalue weighted by atomic mass is 10.1. The number of carbonyl (C=O) groups excluding carboxylic acids is 3. The highest BCUT2D eigenvalue weighted by molar-refractivity contribution is 5.71. The highest BCUT2D eigenvalue weighted by Gasteiger charge is 2.19. The van der Waals surface area contributed by atoms with Gasteiger partial charge in [0, 0.05) is 19.3 Å². The van der Waals surface area contributed by atoms with E-state index in [2.05, 4.69) is 81.5 Å². The van der Waals surface area contributed by atoms with E-state index in [0.717, 1.165) is 109 Å². The van der Waals surface area contributed by atoms with Crippen LogP contribution in [0.5, 0.6) is 0 Å². The predicted molar refractivity (Wildman–Crippen MR) is 251 cm³/mol. The van der Waals surface area contributed by atoms with E-state index in [9.17, 15) is 14.4 Å². The van der Waals surface area contributed by atoms with Crippen molar-refractivity contribution < 1.29 is 28.6 Å². The fourth-order valence-corrected chi connectivity index (χ4v) is 6.74. The van der Waals surface area contributed by atoms with Gasteiger partial charge in [0.05, 0.1) is 0 Å². The van der Waals surface area contributed by atoms with Crippen molar-refractivity contribution in [2.75, 3.05) is 13.2 Å². The highest BCUT2D eigenvalue weighted by atomic mass is 16.6. The summed E-state index contributed by atoms with van der Waals surface area (Å²) in [5.74, 6) is -0.918. The van der Waals surface area contributed by atoms with Crippen LogP contribution in [0.4, 0.5) is 0 Å². The molecule has 6 nitrogen and oxygen atoms in total. The van der Waals surface area contributed by atoms with Crippen molar-refractivity contribution in [1.29, 1.82) is 0 Å². The summed E-state index contributed by atoms with van der Waals surface area (Å²) >= 11 is 0. The normalized spacial score (nSPS) is 12.5. The molecule has 6 heteroatoms. The number of rotatable bonds is 44. The van der Waals surface area contributed by atoms with Gasteiger partial charge < -0.3 is 14.2 Å². The van der Waals surface area contributed by atoms with E-state index in [4.69, 9.17) is 14.2 Å². The molecular formula is C53H92O6. The standard InChI is InChI=1S/C53H92O6/c1-4-7-10-13-16-19-22-25-26-27-28-29-32-34-37-40-43-46-52(55)58-49-50(59-53(56)47-44-41-38-35-31-24-21-18-15-12-9-6-3)48-57-51(54)45-42-39-36-33-30-23-20-17-14-11-8-5-2/h9,12,16-21,25-26,50H,4-8,10-11,13-15,22-24,27-49H2,1-3H3/b12-9-,19-16-,20-17-,21-18-,26-25-. The fourth-order valence-electron chi connectivity index (χ4n) is 6.74. The lowest BCUT2D eigenvalue weighted by Crippen LogP contribution is -2.30. The third-order valence-corrected chi connectivity index (χ3v) is 10.5. The Balaban J connectivity index is 4.39. The summed E-state index contributed by atoms with van der Waals surface area (Å²) in [7, 11) is 0. The molecule has 0 bridgehead atoms. The predicted octanol–water partition coefficient (Wildman–Crippen LogP) is 16.1. The van der Waals surface area contributed by atoms with Crippen LogP contribution >= 0.6 is 0 Å². The molecule has 340 valence electrons. The molecule has 0 aromatic heterocycles. The number of allylic oxidation sites excluding steroid dienone is 10. The van der Waals surface area contributed by atoms with E-state index >= 15 is 0 Å². The molecule has 59 heavy (non-hydrogen) atoms. The first-order chi connectivity index (χ1) is 29.0. The van der Waals surface area contributed by atoms with E-state index in [0.29, 0.717) is 19.3 Å². The van der Waals surface area contributed by atoms with Gasteiger partial charge in [0.25, 0.3) is 0 Å². The van der Waals surface area contributed by atoms with Gasteiger partial charge in [0.2, 0.25) is 0 Å². The minimum Gasteiger partial charge on any atom is -0.462 e. The largest absolute Gasteiger partial charge is 0.462 e. The molecule has 0 saturated heterocycles. The zero-order valence-corrected chi connectivity index (χ0v) is 38.8. The third-order valence-electron chi connectivity index (χ3n) is 10.5. The van der Waals surface area contributed by atoms with Gasteiger partial charge in [-0.3, -0.25) is 14.4 Å². The minimum atomic E-state index is -0.786. The summed E-state index contributed by atoms with van der Waals surface area (Å²) < 4.78 is 16.7. The number of carbonyl (C=O) groups is 3. The van der Waals surface area contributed by atoms with Crippen molar-refractivity contribution in [3.63, 3.8) is 0 Å². The molecule has 0 aliphatic rings.